The van der Waals surface area contributed by atoms with E-state index in [9.17, 15) is 9.90 Å². The molecule has 2 aromatic rings. The van der Waals surface area contributed by atoms with Crippen molar-refractivity contribution in [1.29, 1.82) is 0 Å². The number of phenols is 1. The summed E-state index contributed by atoms with van der Waals surface area (Å²) in [5.41, 5.74) is 5.06. The highest BCUT2D eigenvalue weighted by molar-refractivity contribution is 6.02. The van der Waals surface area contributed by atoms with Crippen molar-refractivity contribution in [3.63, 3.8) is 0 Å². The van der Waals surface area contributed by atoms with Gasteiger partial charge in [-0.15, -0.1) is 0 Å². The Bertz CT molecular complexity index is 714. The number of benzene rings is 1. The molecule has 0 aliphatic carbocycles. The number of aromatic hydroxyl groups is 1. The number of nitrogens with zero attached hydrogens (tertiary/aromatic N) is 1. The fraction of sp³-hybridized carbons (Fsp3) is 0.250. The van der Waals surface area contributed by atoms with Gasteiger partial charge in [0.15, 0.2) is 0 Å². The second kappa shape index (κ2) is 5.83. The zero-order valence-corrected chi connectivity index (χ0v) is 12.5. The quantitative estimate of drug-likeness (QED) is 0.672. The predicted molar refractivity (Wildman–Crippen MR) is 80.7 cm³/mol. The Morgan fingerprint density at radius 1 is 1.19 bits per heavy atom. The van der Waals surface area contributed by atoms with Crippen LogP contribution in [0.4, 0.5) is 0 Å². The molecule has 0 aliphatic heterocycles. The molecule has 0 fully saturated rings. The van der Waals surface area contributed by atoms with Crippen molar-refractivity contribution in [3.8, 4) is 5.75 Å². The van der Waals surface area contributed by atoms with Crippen molar-refractivity contribution in [3.05, 3.63) is 52.5 Å². The molecule has 0 bridgehead atoms. The summed E-state index contributed by atoms with van der Waals surface area (Å²) in [6, 6.07) is 6.89. The third kappa shape index (κ3) is 3.31. The fourth-order valence-corrected chi connectivity index (χ4v) is 2.05. The first kappa shape index (κ1) is 14.8. The molecule has 1 aromatic heterocycles. The van der Waals surface area contributed by atoms with Gasteiger partial charge in [0.2, 0.25) is 0 Å². The minimum Gasteiger partial charge on any atom is -0.507 e. The lowest BCUT2D eigenvalue weighted by Crippen LogP contribution is -2.19. The standard InChI is InChI=1S/C16H18N2O3/c1-9-5-6-15(19)13(7-9)11(3)17-18-16(20)14-8-10(2)21-12(14)4/h5-8,19H,1-4H3,(H,18,20)/b17-11+. The Hall–Kier alpha value is -2.56. The molecule has 1 aromatic carbocycles. The minimum atomic E-state index is -0.337. The maximum Gasteiger partial charge on any atom is 0.274 e. The van der Waals surface area contributed by atoms with E-state index in [1.807, 2.05) is 19.1 Å². The van der Waals surface area contributed by atoms with Gasteiger partial charge in [0.05, 0.1) is 11.3 Å². The van der Waals surface area contributed by atoms with E-state index in [1.165, 1.54) is 0 Å². The van der Waals surface area contributed by atoms with Crippen molar-refractivity contribution < 1.29 is 14.3 Å². The molecule has 2 N–H and O–H groups in total. The number of hydrogen-bond donors (Lipinski definition) is 2. The summed E-state index contributed by atoms with van der Waals surface area (Å²) in [5.74, 6) is 1.02. The van der Waals surface area contributed by atoms with Crippen molar-refractivity contribution in [1.82, 2.24) is 5.43 Å². The maximum atomic E-state index is 12.0. The molecule has 0 radical (unpaired) electrons. The van der Waals surface area contributed by atoms with Gasteiger partial charge in [0, 0.05) is 5.56 Å². The molecule has 5 nitrogen and oxygen atoms in total. The van der Waals surface area contributed by atoms with Crippen LogP contribution >= 0.6 is 0 Å². The molecule has 0 aliphatic rings. The van der Waals surface area contributed by atoms with Crippen LogP contribution in [0.1, 0.15) is 39.9 Å². The van der Waals surface area contributed by atoms with Crippen molar-refractivity contribution >= 4 is 11.6 Å². The predicted octanol–water partition coefficient (Wildman–Crippen LogP) is 3.06. The summed E-state index contributed by atoms with van der Waals surface area (Å²) < 4.78 is 5.31. The molecule has 0 unspecified atom stereocenters. The Morgan fingerprint density at radius 3 is 2.52 bits per heavy atom. The lowest BCUT2D eigenvalue weighted by Gasteiger charge is -2.06. The van der Waals surface area contributed by atoms with Gasteiger partial charge in [0.25, 0.3) is 5.91 Å². The summed E-state index contributed by atoms with van der Waals surface area (Å²) in [7, 11) is 0. The Labute approximate surface area is 123 Å². The van der Waals surface area contributed by atoms with Gasteiger partial charge in [-0.25, -0.2) is 5.43 Å². The molecule has 0 saturated carbocycles. The average molecular weight is 286 g/mol. The van der Waals surface area contributed by atoms with Gasteiger partial charge < -0.3 is 9.52 Å². The van der Waals surface area contributed by atoms with Crippen LogP contribution in [0.15, 0.2) is 33.8 Å². The third-order valence-corrected chi connectivity index (χ3v) is 3.15. The van der Waals surface area contributed by atoms with E-state index in [-0.39, 0.29) is 11.7 Å². The lowest BCUT2D eigenvalue weighted by molar-refractivity contribution is 0.0953. The topological polar surface area (TPSA) is 74.8 Å². The number of carbonyl (C=O) groups excluding carboxylic acids is 1. The molecule has 1 amide bonds. The molecular weight excluding hydrogens is 268 g/mol. The van der Waals surface area contributed by atoms with Crippen LogP contribution in [-0.4, -0.2) is 16.7 Å². The number of phenolic OH excluding ortho intramolecular Hbond substituents is 1. The summed E-state index contributed by atoms with van der Waals surface area (Å²) in [6.07, 6.45) is 0. The van der Waals surface area contributed by atoms with E-state index in [2.05, 4.69) is 10.5 Å². The lowest BCUT2D eigenvalue weighted by atomic mass is 10.1. The average Bonchev–Trinajstić information content (AvgIpc) is 2.77. The second-order valence-corrected chi connectivity index (χ2v) is 4.99. The van der Waals surface area contributed by atoms with Crippen molar-refractivity contribution in [2.45, 2.75) is 27.7 Å². The molecular formula is C16H18N2O3. The van der Waals surface area contributed by atoms with E-state index < -0.39 is 0 Å². The van der Waals surface area contributed by atoms with Crippen LogP contribution in [0.2, 0.25) is 0 Å². The summed E-state index contributed by atoms with van der Waals surface area (Å²) in [6.45, 7) is 7.16. The van der Waals surface area contributed by atoms with Crippen LogP contribution in [0.5, 0.6) is 5.75 Å². The van der Waals surface area contributed by atoms with Crippen molar-refractivity contribution in [2.24, 2.45) is 5.10 Å². The summed E-state index contributed by atoms with van der Waals surface area (Å²) >= 11 is 0. The Morgan fingerprint density at radius 2 is 1.90 bits per heavy atom. The number of furan rings is 1. The molecule has 0 atom stereocenters. The van der Waals surface area contributed by atoms with Gasteiger partial charge in [-0.05, 0) is 45.9 Å². The van der Waals surface area contributed by atoms with E-state index >= 15 is 0 Å². The van der Waals surface area contributed by atoms with E-state index in [0.29, 0.717) is 28.4 Å². The smallest absolute Gasteiger partial charge is 0.274 e. The van der Waals surface area contributed by atoms with Crippen LogP contribution < -0.4 is 5.43 Å². The van der Waals surface area contributed by atoms with E-state index in [4.69, 9.17) is 4.42 Å². The highest BCUT2D eigenvalue weighted by atomic mass is 16.3. The second-order valence-electron chi connectivity index (χ2n) is 4.99. The monoisotopic (exact) mass is 286 g/mol. The van der Waals surface area contributed by atoms with Crippen LogP contribution in [0.25, 0.3) is 0 Å². The number of hydrogen-bond acceptors (Lipinski definition) is 4. The van der Waals surface area contributed by atoms with Gasteiger partial charge >= 0.3 is 0 Å². The Kier molecular flexibility index (Phi) is 4.12. The molecule has 5 heteroatoms. The van der Waals surface area contributed by atoms with Crippen LogP contribution in [-0.2, 0) is 0 Å². The highest BCUT2D eigenvalue weighted by Gasteiger charge is 2.13. The first-order valence-corrected chi connectivity index (χ1v) is 6.60. The Balaban J connectivity index is 2.19. The summed E-state index contributed by atoms with van der Waals surface area (Å²) in [5, 5.41) is 13.9. The van der Waals surface area contributed by atoms with Crippen LogP contribution in [0.3, 0.4) is 0 Å². The number of aryl methyl sites for hydroxylation is 3. The van der Waals surface area contributed by atoms with Gasteiger partial charge in [0.1, 0.15) is 17.3 Å². The number of hydrazone groups is 1. The molecule has 2 rings (SSSR count). The van der Waals surface area contributed by atoms with Crippen molar-refractivity contribution in [2.75, 3.05) is 0 Å². The fourth-order valence-electron chi connectivity index (χ4n) is 2.05. The normalized spacial score (nSPS) is 11.5. The molecule has 110 valence electrons. The van der Waals surface area contributed by atoms with E-state index in [0.717, 1.165) is 5.56 Å². The van der Waals surface area contributed by atoms with Gasteiger partial charge in [-0.3, -0.25) is 4.79 Å². The molecule has 0 saturated heterocycles. The van der Waals surface area contributed by atoms with Gasteiger partial charge in [-0.1, -0.05) is 11.6 Å². The number of carbonyl (C=O) groups is 1. The SMILES string of the molecule is C/C(=N\NC(=O)c1cc(C)oc1C)c1cc(C)ccc1O. The molecule has 1 heterocycles. The largest absolute Gasteiger partial charge is 0.507 e. The number of amides is 1. The highest BCUT2D eigenvalue weighted by Crippen LogP contribution is 2.19. The number of rotatable bonds is 3. The van der Waals surface area contributed by atoms with Crippen LogP contribution in [0, 0.1) is 20.8 Å². The van der Waals surface area contributed by atoms with E-state index in [1.54, 1.807) is 32.9 Å². The molecule has 21 heavy (non-hydrogen) atoms. The zero-order valence-electron chi connectivity index (χ0n) is 12.5. The number of nitrogens with one attached hydrogen (secondary N) is 1. The zero-order chi connectivity index (χ0) is 15.6. The first-order valence-electron chi connectivity index (χ1n) is 6.60. The summed E-state index contributed by atoms with van der Waals surface area (Å²) in [4.78, 5) is 12.0. The third-order valence-electron chi connectivity index (χ3n) is 3.15. The minimum absolute atomic E-state index is 0.131. The van der Waals surface area contributed by atoms with Gasteiger partial charge in [-0.2, -0.15) is 5.10 Å². The molecule has 0 spiro atoms. The first-order chi connectivity index (χ1) is 9.88. The maximum absolute atomic E-state index is 12.0.